The molecule has 0 saturated heterocycles. The molecule has 6 nitrogen and oxygen atoms in total. The monoisotopic (exact) mass is 382 g/mol. The number of rotatable bonds is 5. The molecule has 1 heterocycles. The fourth-order valence-electron chi connectivity index (χ4n) is 2.40. The minimum absolute atomic E-state index is 0.228. The Balaban J connectivity index is 1.81. The molecule has 1 aliphatic heterocycles. The first kappa shape index (κ1) is 17.9. The molecular formula is C17H19ClN2O4S. The van der Waals surface area contributed by atoms with Crippen LogP contribution in [0.1, 0.15) is 30.1 Å². The molecule has 1 fully saturated rings. The minimum Gasteiger partial charge on any atom is -0.496 e. The van der Waals surface area contributed by atoms with Crippen LogP contribution in [0.3, 0.4) is 0 Å². The van der Waals surface area contributed by atoms with Crippen LogP contribution in [0.4, 0.5) is 5.69 Å². The summed E-state index contributed by atoms with van der Waals surface area (Å²) >= 11 is 7.71. The van der Waals surface area contributed by atoms with Crippen LogP contribution >= 0.6 is 23.4 Å². The van der Waals surface area contributed by atoms with Crippen molar-refractivity contribution in [2.75, 3.05) is 24.8 Å². The maximum absolute atomic E-state index is 12.5. The summed E-state index contributed by atoms with van der Waals surface area (Å²) in [7, 11) is 1.47. The Labute approximate surface area is 155 Å². The Bertz CT molecular complexity index is 746. The summed E-state index contributed by atoms with van der Waals surface area (Å²) in [5, 5.41) is 5.93. The van der Waals surface area contributed by atoms with Crippen LogP contribution in [0.15, 0.2) is 22.8 Å². The zero-order valence-corrected chi connectivity index (χ0v) is 15.6. The highest BCUT2D eigenvalue weighted by atomic mass is 35.5. The number of carbonyl (C=O) groups excluding carboxylic acids is 2. The first-order valence-corrected chi connectivity index (χ1v) is 9.32. The average Bonchev–Trinajstić information content (AvgIpc) is 3.40. The van der Waals surface area contributed by atoms with Gasteiger partial charge in [-0.2, -0.15) is 0 Å². The van der Waals surface area contributed by atoms with Gasteiger partial charge in [0, 0.05) is 17.9 Å². The lowest BCUT2D eigenvalue weighted by atomic mass is 10.1. The van der Waals surface area contributed by atoms with Crippen LogP contribution < -0.4 is 15.4 Å². The van der Waals surface area contributed by atoms with Gasteiger partial charge in [-0.15, -0.1) is 11.8 Å². The van der Waals surface area contributed by atoms with Crippen molar-refractivity contribution in [2.45, 2.75) is 25.8 Å². The molecule has 1 aliphatic carbocycles. The summed E-state index contributed by atoms with van der Waals surface area (Å²) in [5.74, 6) is 1.15. The molecule has 3 rings (SSSR count). The van der Waals surface area contributed by atoms with Gasteiger partial charge in [0.15, 0.2) is 0 Å². The zero-order chi connectivity index (χ0) is 18.0. The first-order chi connectivity index (χ1) is 12.0. The van der Waals surface area contributed by atoms with Crippen molar-refractivity contribution < 1.29 is 19.1 Å². The average molecular weight is 383 g/mol. The number of ether oxygens (including phenoxy) is 2. The Kier molecular flexibility index (Phi) is 5.44. The number of hydrogen-bond donors (Lipinski definition) is 2. The Morgan fingerprint density at radius 2 is 2.08 bits per heavy atom. The van der Waals surface area contributed by atoms with Crippen molar-refractivity contribution in [3.63, 3.8) is 0 Å². The highest BCUT2D eigenvalue weighted by molar-refractivity contribution is 8.04. The van der Waals surface area contributed by atoms with Gasteiger partial charge in [-0.25, -0.2) is 0 Å². The molecule has 25 heavy (non-hydrogen) atoms. The lowest BCUT2D eigenvalue weighted by Gasteiger charge is -2.18. The van der Waals surface area contributed by atoms with Crippen molar-refractivity contribution in [1.82, 2.24) is 5.32 Å². The number of amides is 2. The number of hydrogen-bond acceptors (Lipinski definition) is 5. The predicted octanol–water partition coefficient (Wildman–Crippen LogP) is 3.17. The topological polar surface area (TPSA) is 76.7 Å². The second-order valence-electron chi connectivity index (χ2n) is 5.82. The van der Waals surface area contributed by atoms with Crippen molar-refractivity contribution in [2.24, 2.45) is 0 Å². The highest BCUT2D eigenvalue weighted by Gasteiger charge is 2.26. The Morgan fingerprint density at radius 1 is 1.32 bits per heavy atom. The van der Waals surface area contributed by atoms with E-state index >= 15 is 0 Å². The summed E-state index contributed by atoms with van der Waals surface area (Å²) in [6.07, 6.45) is 1.98. The van der Waals surface area contributed by atoms with E-state index in [2.05, 4.69) is 10.6 Å². The number of anilines is 1. The number of allylic oxidation sites excluding steroid dienone is 1. The summed E-state index contributed by atoms with van der Waals surface area (Å²) in [5.41, 5.74) is 0.737. The SMILES string of the molecule is COc1cc(NC(=O)C2=C(C)OCCS2)c(Cl)cc1C(=O)NC1CC1. The molecule has 0 spiro atoms. The predicted molar refractivity (Wildman–Crippen MR) is 98.2 cm³/mol. The third-order valence-electron chi connectivity index (χ3n) is 3.87. The van der Waals surface area contributed by atoms with E-state index in [1.54, 1.807) is 13.0 Å². The lowest BCUT2D eigenvalue weighted by Crippen LogP contribution is -2.26. The van der Waals surface area contributed by atoms with Crippen LogP contribution in [0.5, 0.6) is 5.75 Å². The van der Waals surface area contributed by atoms with Crippen LogP contribution in [0, 0.1) is 0 Å². The number of benzene rings is 1. The van der Waals surface area contributed by atoms with Gasteiger partial charge in [0.05, 0.1) is 30.0 Å². The van der Waals surface area contributed by atoms with E-state index in [0.717, 1.165) is 18.6 Å². The largest absolute Gasteiger partial charge is 0.496 e. The van der Waals surface area contributed by atoms with Gasteiger partial charge >= 0.3 is 0 Å². The normalized spacial score (nSPS) is 16.9. The second-order valence-corrected chi connectivity index (χ2v) is 7.33. The smallest absolute Gasteiger partial charge is 0.265 e. The van der Waals surface area contributed by atoms with Crippen molar-refractivity contribution in [3.05, 3.63) is 33.4 Å². The van der Waals surface area contributed by atoms with Crippen molar-refractivity contribution in [1.29, 1.82) is 0 Å². The molecule has 2 amide bonds. The van der Waals surface area contributed by atoms with E-state index < -0.39 is 0 Å². The lowest BCUT2D eigenvalue weighted by molar-refractivity contribution is -0.112. The van der Waals surface area contributed by atoms with Gasteiger partial charge in [0.2, 0.25) is 0 Å². The molecule has 134 valence electrons. The molecule has 0 bridgehead atoms. The molecule has 8 heteroatoms. The number of thioether (sulfide) groups is 1. The Morgan fingerprint density at radius 3 is 2.72 bits per heavy atom. The van der Waals surface area contributed by atoms with Crippen LogP contribution in [-0.4, -0.2) is 37.3 Å². The van der Waals surface area contributed by atoms with Gasteiger partial charge in [-0.1, -0.05) is 11.6 Å². The van der Waals surface area contributed by atoms with Gasteiger partial charge < -0.3 is 20.1 Å². The van der Waals surface area contributed by atoms with Crippen LogP contribution in [0.25, 0.3) is 0 Å². The molecule has 1 aromatic carbocycles. The molecule has 0 atom stereocenters. The Hall–Kier alpha value is -1.86. The van der Waals surface area contributed by atoms with E-state index in [4.69, 9.17) is 21.1 Å². The summed E-state index contributed by atoms with van der Waals surface area (Å²) in [6.45, 7) is 2.35. The van der Waals surface area contributed by atoms with E-state index in [0.29, 0.717) is 34.3 Å². The van der Waals surface area contributed by atoms with E-state index in [-0.39, 0.29) is 22.9 Å². The van der Waals surface area contributed by atoms with Gasteiger partial charge in [0.1, 0.15) is 16.4 Å². The third-order valence-corrected chi connectivity index (χ3v) is 5.31. The molecule has 0 radical (unpaired) electrons. The van der Waals surface area contributed by atoms with Crippen LogP contribution in [0.2, 0.25) is 5.02 Å². The molecule has 1 saturated carbocycles. The molecule has 2 aliphatic rings. The fraction of sp³-hybridized carbons (Fsp3) is 0.412. The molecule has 0 aromatic heterocycles. The standard InChI is InChI=1S/C17H19ClN2O4S/c1-9-15(25-6-5-24-9)17(22)20-13-8-14(23-2)11(7-12(13)18)16(21)19-10-3-4-10/h7-8,10H,3-6H2,1-2H3,(H,19,21)(H,20,22). The van der Waals surface area contributed by atoms with Crippen LogP contribution in [-0.2, 0) is 9.53 Å². The first-order valence-electron chi connectivity index (χ1n) is 7.96. The quantitative estimate of drug-likeness (QED) is 0.817. The highest BCUT2D eigenvalue weighted by Crippen LogP contribution is 2.33. The molecule has 0 unspecified atom stereocenters. The van der Waals surface area contributed by atoms with E-state index in [1.807, 2.05) is 0 Å². The summed E-state index contributed by atoms with van der Waals surface area (Å²) in [6, 6.07) is 3.31. The maximum atomic E-state index is 12.5. The molecule has 2 N–H and O–H groups in total. The number of nitrogens with one attached hydrogen (secondary N) is 2. The third kappa shape index (κ3) is 4.22. The van der Waals surface area contributed by atoms with Crippen molar-refractivity contribution >= 4 is 40.9 Å². The van der Waals surface area contributed by atoms with E-state index in [1.165, 1.54) is 24.9 Å². The van der Waals surface area contributed by atoms with Crippen molar-refractivity contribution in [3.8, 4) is 5.75 Å². The fourth-order valence-corrected chi connectivity index (χ4v) is 3.42. The van der Waals surface area contributed by atoms with Gasteiger partial charge in [-0.05, 0) is 25.8 Å². The zero-order valence-electron chi connectivity index (χ0n) is 14.0. The number of carbonyl (C=O) groups is 2. The van der Waals surface area contributed by atoms with E-state index in [9.17, 15) is 9.59 Å². The maximum Gasteiger partial charge on any atom is 0.265 e. The molecular weight excluding hydrogens is 364 g/mol. The number of methoxy groups -OCH3 is 1. The molecule has 1 aromatic rings. The number of halogens is 1. The minimum atomic E-state index is -0.290. The second kappa shape index (κ2) is 7.58. The van der Waals surface area contributed by atoms with Gasteiger partial charge in [-0.3, -0.25) is 9.59 Å². The summed E-state index contributed by atoms with van der Waals surface area (Å²) in [4.78, 5) is 25.3. The summed E-state index contributed by atoms with van der Waals surface area (Å²) < 4.78 is 10.7. The van der Waals surface area contributed by atoms with Gasteiger partial charge in [0.25, 0.3) is 11.8 Å².